The number of benzene rings is 1. The van der Waals surface area contributed by atoms with Crippen LogP contribution in [0.5, 0.6) is 0 Å². The molecule has 0 radical (unpaired) electrons. The summed E-state index contributed by atoms with van der Waals surface area (Å²) in [7, 11) is 0. The summed E-state index contributed by atoms with van der Waals surface area (Å²) in [4.78, 5) is 0. The van der Waals surface area contributed by atoms with Crippen LogP contribution in [0.3, 0.4) is 0 Å². The Hall–Kier alpha value is -0.860. The Morgan fingerprint density at radius 1 is 1.33 bits per heavy atom. The van der Waals surface area contributed by atoms with Crippen molar-refractivity contribution in [3.05, 3.63) is 35.4 Å². The molecule has 0 aliphatic heterocycles. The van der Waals surface area contributed by atoms with Gasteiger partial charge in [-0.3, -0.25) is 0 Å². The normalized spacial score (nSPS) is 12.9. The summed E-state index contributed by atoms with van der Waals surface area (Å²) in [5, 5.41) is 0. The second kappa shape index (κ2) is 4.24. The van der Waals surface area contributed by atoms with E-state index < -0.39 is 0 Å². The van der Waals surface area contributed by atoms with Gasteiger partial charge in [-0.1, -0.05) is 24.3 Å². The Bertz CT molecular complexity index is 245. The van der Waals surface area contributed by atoms with E-state index in [0.29, 0.717) is 6.54 Å². The molecule has 0 bridgehead atoms. The second-order valence-corrected chi connectivity index (χ2v) is 3.04. The smallest absolute Gasteiger partial charge is 0.0309 e. The summed E-state index contributed by atoms with van der Waals surface area (Å²) in [6, 6.07) is 8.27. The van der Waals surface area contributed by atoms with Crippen LogP contribution < -0.4 is 11.5 Å². The van der Waals surface area contributed by atoms with Gasteiger partial charge in [-0.05, 0) is 31.0 Å². The van der Waals surface area contributed by atoms with E-state index in [1.807, 2.05) is 12.1 Å². The van der Waals surface area contributed by atoms with E-state index in [0.717, 1.165) is 6.42 Å². The fourth-order valence-electron chi connectivity index (χ4n) is 1.34. The molecule has 0 heterocycles. The van der Waals surface area contributed by atoms with E-state index in [2.05, 4.69) is 19.1 Å². The lowest BCUT2D eigenvalue weighted by atomic mass is 10.00. The van der Waals surface area contributed by atoms with Crippen molar-refractivity contribution in [3.63, 3.8) is 0 Å². The van der Waals surface area contributed by atoms with Crippen LogP contribution in [0.4, 0.5) is 0 Å². The highest BCUT2D eigenvalue weighted by molar-refractivity contribution is 5.28. The lowest BCUT2D eigenvalue weighted by molar-refractivity contribution is 0.658. The average molecular weight is 164 g/mol. The van der Waals surface area contributed by atoms with Gasteiger partial charge in [-0.15, -0.1) is 0 Å². The van der Waals surface area contributed by atoms with Crippen LogP contribution in [0.1, 0.15) is 23.6 Å². The first-order chi connectivity index (χ1) is 5.75. The van der Waals surface area contributed by atoms with E-state index >= 15 is 0 Å². The van der Waals surface area contributed by atoms with Gasteiger partial charge in [0.2, 0.25) is 0 Å². The summed E-state index contributed by atoms with van der Waals surface area (Å²) in [6.45, 7) is 2.72. The molecule has 0 unspecified atom stereocenters. The second-order valence-electron chi connectivity index (χ2n) is 3.04. The van der Waals surface area contributed by atoms with Gasteiger partial charge in [0.05, 0.1) is 0 Å². The monoisotopic (exact) mass is 164 g/mol. The van der Waals surface area contributed by atoms with Crippen molar-refractivity contribution in [3.8, 4) is 0 Å². The number of rotatable bonds is 3. The maximum Gasteiger partial charge on any atom is 0.0309 e. The molecular weight excluding hydrogens is 148 g/mol. The van der Waals surface area contributed by atoms with Gasteiger partial charge in [-0.2, -0.15) is 0 Å². The molecule has 0 aliphatic carbocycles. The van der Waals surface area contributed by atoms with Crippen molar-refractivity contribution < 1.29 is 0 Å². The van der Waals surface area contributed by atoms with Crippen molar-refractivity contribution in [2.75, 3.05) is 6.54 Å². The van der Waals surface area contributed by atoms with E-state index in [1.165, 1.54) is 11.1 Å². The maximum atomic E-state index is 5.93. The van der Waals surface area contributed by atoms with Crippen molar-refractivity contribution in [2.45, 2.75) is 19.4 Å². The van der Waals surface area contributed by atoms with Crippen LogP contribution in [-0.4, -0.2) is 6.54 Å². The molecule has 0 spiro atoms. The Kier molecular flexibility index (Phi) is 3.26. The van der Waals surface area contributed by atoms with Gasteiger partial charge in [0.1, 0.15) is 0 Å². The highest BCUT2D eigenvalue weighted by Gasteiger charge is 2.05. The van der Waals surface area contributed by atoms with Gasteiger partial charge in [-0.25, -0.2) is 0 Å². The first-order valence-corrected chi connectivity index (χ1v) is 4.27. The van der Waals surface area contributed by atoms with E-state index in [1.54, 1.807) is 0 Å². The molecule has 1 aromatic rings. The highest BCUT2D eigenvalue weighted by atomic mass is 14.7. The van der Waals surface area contributed by atoms with Gasteiger partial charge in [0, 0.05) is 6.04 Å². The predicted octanol–water partition coefficient (Wildman–Crippen LogP) is 1.34. The third-order valence-electron chi connectivity index (χ3n) is 2.07. The van der Waals surface area contributed by atoms with Gasteiger partial charge in [0.25, 0.3) is 0 Å². The van der Waals surface area contributed by atoms with E-state index in [-0.39, 0.29) is 6.04 Å². The minimum Gasteiger partial charge on any atom is -0.330 e. The molecule has 0 fully saturated rings. The molecule has 1 aromatic carbocycles. The summed E-state index contributed by atoms with van der Waals surface area (Å²) in [5.41, 5.74) is 13.8. The fourth-order valence-corrected chi connectivity index (χ4v) is 1.34. The Morgan fingerprint density at radius 3 is 2.58 bits per heavy atom. The molecule has 0 saturated heterocycles. The first-order valence-electron chi connectivity index (χ1n) is 4.27. The maximum absolute atomic E-state index is 5.93. The first kappa shape index (κ1) is 9.23. The zero-order chi connectivity index (χ0) is 8.97. The van der Waals surface area contributed by atoms with Crippen molar-refractivity contribution in [2.24, 2.45) is 11.5 Å². The molecule has 2 nitrogen and oxygen atoms in total. The molecule has 0 aliphatic rings. The van der Waals surface area contributed by atoms with Crippen molar-refractivity contribution in [1.29, 1.82) is 0 Å². The third kappa shape index (κ3) is 2.06. The highest BCUT2D eigenvalue weighted by Crippen LogP contribution is 2.16. The van der Waals surface area contributed by atoms with E-state index in [4.69, 9.17) is 11.5 Å². The largest absolute Gasteiger partial charge is 0.330 e. The molecular formula is C10H16N2. The molecule has 4 N–H and O–H groups in total. The Morgan fingerprint density at radius 2 is 2.00 bits per heavy atom. The zero-order valence-electron chi connectivity index (χ0n) is 7.46. The van der Waals surface area contributed by atoms with Gasteiger partial charge in [0.15, 0.2) is 0 Å². The van der Waals surface area contributed by atoms with Crippen LogP contribution in [-0.2, 0) is 0 Å². The number of aryl methyl sites for hydroxylation is 1. The fraction of sp³-hybridized carbons (Fsp3) is 0.400. The third-order valence-corrected chi connectivity index (χ3v) is 2.07. The summed E-state index contributed by atoms with van der Waals surface area (Å²) >= 11 is 0. The zero-order valence-corrected chi connectivity index (χ0v) is 7.46. The topological polar surface area (TPSA) is 52.0 Å². The Labute approximate surface area is 73.6 Å². The quantitative estimate of drug-likeness (QED) is 0.708. The SMILES string of the molecule is Cc1ccccc1[C@H](N)CCN. The lowest BCUT2D eigenvalue weighted by Crippen LogP contribution is -2.16. The number of hydrogen-bond donors (Lipinski definition) is 2. The molecule has 0 amide bonds. The van der Waals surface area contributed by atoms with Crippen LogP contribution in [0.2, 0.25) is 0 Å². The van der Waals surface area contributed by atoms with Crippen LogP contribution in [0.25, 0.3) is 0 Å². The van der Waals surface area contributed by atoms with Crippen LogP contribution >= 0.6 is 0 Å². The lowest BCUT2D eigenvalue weighted by Gasteiger charge is -2.12. The molecule has 1 rings (SSSR count). The van der Waals surface area contributed by atoms with Crippen molar-refractivity contribution >= 4 is 0 Å². The minimum atomic E-state index is 0.0937. The summed E-state index contributed by atoms with van der Waals surface area (Å²) < 4.78 is 0. The summed E-state index contributed by atoms with van der Waals surface area (Å²) in [5.74, 6) is 0. The van der Waals surface area contributed by atoms with Gasteiger partial charge >= 0.3 is 0 Å². The molecule has 0 aromatic heterocycles. The summed E-state index contributed by atoms with van der Waals surface area (Å²) in [6.07, 6.45) is 0.852. The predicted molar refractivity (Wildman–Crippen MR) is 51.8 cm³/mol. The number of nitrogens with two attached hydrogens (primary N) is 2. The van der Waals surface area contributed by atoms with Crippen molar-refractivity contribution in [1.82, 2.24) is 0 Å². The number of hydrogen-bond acceptors (Lipinski definition) is 2. The molecule has 12 heavy (non-hydrogen) atoms. The molecule has 2 heteroatoms. The molecule has 1 atom stereocenters. The van der Waals surface area contributed by atoms with Gasteiger partial charge < -0.3 is 11.5 Å². The van der Waals surface area contributed by atoms with E-state index in [9.17, 15) is 0 Å². The Balaban J connectivity index is 2.79. The average Bonchev–Trinajstić information content (AvgIpc) is 2.05. The minimum absolute atomic E-state index is 0.0937. The standard InChI is InChI=1S/C10H16N2/c1-8-4-2-3-5-9(8)10(12)6-7-11/h2-5,10H,6-7,11-12H2,1H3/t10-/m1/s1. The molecule has 66 valence electrons. The van der Waals surface area contributed by atoms with Crippen LogP contribution in [0.15, 0.2) is 24.3 Å². The molecule has 0 saturated carbocycles. The van der Waals surface area contributed by atoms with Crippen LogP contribution in [0, 0.1) is 6.92 Å².